The van der Waals surface area contributed by atoms with Crippen molar-refractivity contribution in [2.45, 2.75) is 42.6 Å². The summed E-state index contributed by atoms with van der Waals surface area (Å²) in [5, 5.41) is 6.56. The van der Waals surface area contributed by atoms with Gasteiger partial charge in [0.15, 0.2) is 9.79 Å². The van der Waals surface area contributed by atoms with Crippen LogP contribution in [0.4, 0.5) is 5.69 Å². The van der Waals surface area contributed by atoms with E-state index < -0.39 is 11.2 Å². The molecule has 0 spiro atoms. The van der Waals surface area contributed by atoms with E-state index in [1.807, 2.05) is 24.3 Å². The molecule has 41 heavy (non-hydrogen) atoms. The van der Waals surface area contributed by atoms with E-state index in [0.717, 1.165) is 34.2 Å². The number of fused-ring (bicyclic) bond motifs is 2. The van der Waals surface area contributed by atoms with Crippen LogP contribution in [0.5, 0.6) is 5.75 Å². The Morgan fingerprint density at radius 2 is 1.90 bits per heavy atom. The first-order chi connectivity index (χ1) is 19.8. The van der Waals surface area contributed by atoms with Gasteiger partial charge in [-0.15, -0.1) is 11.3 Å². The number of aromatic nitrogens is 1. The highest BCUT2D eigenvalue weighted by molar-refractivity contribution is 7.91. The third-order valence-corrected chi connectivity index (χ3v) is 9.46. The fourth-order valence-corrected chi connectivity index (χ4v) is 6.46. The topological polar surface area (TPSA) is 107 Å². The van der Waals surface area contributed by atoms with Crippen LogP contribution in [0.25, 0.3) is 10.6 Å². The first-order valence-electron chi connectivity index (χ1n) is 13.4. The molecule has 0 fully saturated rings. The average molecular weight is 589 g/mol. The van der Waals surface area contributed by atoms with Gasteiger partial charge in [-0.3, -0.25) is 9.59 Å². The molecule has 4 aromatic rings. The number of carbonyl (C=O) groups excluding carboxylic acids is 2. The van der Waals surface area contributed by atoms with Gasteiger partial charge in [-0.25, -0.2) is 4.98 Å². The molecule has 5 rings (SSSR count). The van der Waals surface area contributed by atoms with Crippen molar-refractivity contribution in [3.8, 4) is 16.3 Å². The molecule has 1 unspecified atom stereocenters. The van der Waals surface area contributed by atoms with Crippen molar-refractivity contribution in [1.29, 1.82) is 0 Å². The number of thiazole rings is 1. The number of nitrogens with zero attached hydrogens (tertiary/aromatic N) is 2. The molecule has 2 N–H and O–H groups in total. The van der Waals surface area contributed by atoms with Crippen molar-refractivity contribution in [2.24, 2.45) is 0 Å². The summed E-state index contributed by atoms with van der Waals surface area (Å²) in [6.45, 7) is 6.33. The molecule has 2 amide bonds. The van der Waals surface area contributed by atoms with Gasteiger partial charge in [0, 0.05) is 46.0 Å². The number of carbonyl (C=O) groups is 2. The fraction of sp³-hybridized carbons (Fsp3) is 0.258. The van der Waals surface area contributed by atoms with Gasteiger partial charge in [0.25, 0.3) is 11.8 Å². The number of amides is 2. The van der Waals surface area contributed by atoms with Gasteiger partial charge < -0.3 is 24.8 Å². The highest BCUT2D eigenvalue weighted by Gasteiger charge is 2.30. The minimum Gasteiger partial charge on any atom is -0.606 e. The van der Waals surface area contributed by atoms with Crippen molar-refractivity contribution >= 4 is 40.0 Å². The number of ether oxygens (including phenoxy) is 1. The molecule has 10 heteroatoms. The number of hydrogen-bond donors (Lipinski definition) is 2. The zero-order chi connectivity index (χ0) is 28.9. The lowest BCUT2D eigenvalue weighted by Gasteiger charge is -2.20. The lowest BCUT2D eigenvalue weighted by Crippen LogP contribution is -2.28. The SMILES string of the molecule is CC(C)N(C)CCCOc1ccc(-c2ncc(CNC(=O)c3ccc4c(c3)NC(=O)c3ccccc3[S+]4[O-])s2)cc1. The van der Waals surface area contributed by atoms with E-state index in [4.69, 9.17) is 4.74 Å². The molecule has 1 aliphatic heterocycles. The van der Waals surface area contributed by atoms with Crippen LogP contribution in [0.1, 0.15) is 45.9 Å². The second kappa shape index (κ2) is 12.9. The molecule has 8 nitrogen and oxygen atoms in total. The van der Waals surface area contributed by atoms with Crippen molar-refractivity contribution in [3.05, 3.63) is 88.9 Å². The molecule has 0 radical (unpaired) electrons. The number of nitrogens with one attached hydrogen (secondary N) is 2. The van der Waals surface area contributed by atoms with Gasteiger partial charge in [-0.2, -0.15) is 0 Å². The third kappa shape index (κ3) is 6.79. The van der Waals surface area contributed by atoms with E-state index in [2.05, 4.69) is 41.4 Å². The van der Waals surface area contributed by atoms with E-state index in [9.17, 15) is 14.1 Å². The van der Waals surface area contributed by atoms with Crippen molar-refractivity contribution in [1.82, 2.24) is 15.2 Å². The normalized spacial score (nSPS) is 14.3. The van der Waals surface area contributed by atoms with E-state index in [1.165, 1.54) is 11.3 Å². The van der Waals surface area contributed by atoms with Crippen LogP contribution in [-0.2, 0) is 17.7 Å². The minimum atomic E-state index is -1.54. The van der Waals surface area contributed by atoms with Crippen LogP contribution < -0.4 is 15.4 Å². The molecule has 0 saturated heterocycles. The second-order valence-electron chi connectivity index (χ2n) is 10.0. The Balaban J connectivity index is 1.16. The lowest BCUT2D eigenvalue weighted by atomic mass is 10.1. The first-order valence-corrected chi connectivity index (χ1v) is 15.4. The van der Waals surface area contributed by atoms with E-state index in [1.54, 1.807) is 48.7 Å². The Kier molecular flexibility index (Phi) is 9.04. The molecule has 2 heterocycles. The minimum absolute atomic E-state index is 0.300. The third-order valence-electron chi connectivity index (χ3n) is 6.90. The van der Waals surface area contributed by atoms with Gasteiger partial charge in [0.1, 0.15) is 10.8 Å². The Morgan fingerprint density at radius 1 is 1.12 bits per heavy atom. The van der Waals surface area contributed by atoms with Gasteiger partial charge in [-0.1, -0.05) is 12.1 Å². The molecule has 0 saturated carbocycles. The summed E-state index contributed by atoms with van der Waals surface area (Å²) in [5.74, 6) is 0.178. The van der Waals surface area contributed by atoms with Crippen LogP contribution in [0.15, 0.2) is 82.7 Å². The maximum absolute atomic E-state index is 13.1. The Bertz CT molecular complexity index is 1540. The molecule has 1 atom stereocenters. The number of benzene rings is 3. The van der Waals surface area contributed by atoms with Crippen molar-refractivity contribution < 1.29 is 18.9 Å². The summed E-state index contributed by atoms with van der Waals surface area (Å²) >= 11 is -0.0313. The molecular formula is C31H32N4O4S2. The first kappa shape index (κ1) is 28.8. The van der Waals surface area contributed by atoms with Crippen molar-refractivity contribution in [3.63, 3.8) is 0 Å². The highest BCUT2D eigenvalue weighted by Crippen LogP contribution is 2.34. The predicted molar refractivity (Wildman–Crippen MR) is 162 cm³/mol. The number of anilines is 1. The molecule has 1 aromatic heterocycles. The standard InChI is InChI=1S/C31H32N4O4S2/c1-20(2)35(3)15-6-16-39-23-12-9-21(10-13-23)31-33-19-24(40-31)18-32-29(36)22-11-14-28-26(17-22)34-30(37)25-7-4-5-8-27(25)41(28)38/h4-5,7-14,17,19-20H,6,15-16,18H2,1-3H3,(H,32,36)(H,34,37). The zero-order valence-corrected chi connectivity index (χ0v) is 24.8. The summed E-state index contributed by atoms with van der Waals surface area (Å²) in [5.41, 5.74) is 2.08. The van der Waals surface area contributed by atoms with E-state index in [0.29, 0.717) is 45.8 Å². The van der Waals surface area contributed by atoms with E-state index in [-0.39, 0.29) is 11.8 Å². The average Bonchev–Trinajstić information content (AvgIpc) is 3.43. The Morgan fingerprint density at radius 3 is 2.68 bits per heavy atom. The van der Waals surface area contributed by atoms with Crippen LogP contribution in [0, 0.1) is 0 Å². The number of hydrogen-bond acceptors (Lipinski definition) is 7. The lowest BCUT2D eigenvalue weighted by molar-refractivity contribution is 0.0949. The highest BCUT2D eigenvalue weighted by atomic mass is 32.2. The van der Waals surface area contributed by atoms with Crippen LogP contribution in [0.2, 0.25) is 0 Å². The van der Waals surface area contributed by atoms with Gasteiger partial charge in [-0.05, 0) is 81.9 Å². The fourth-order valence-electron chi connectivity index (χ4n) is 4.30. The van der Waals surface area contributed by atoms with Gasteiger partial charge in [0.2, 0.25) is 0 Å². The quantitative estimate of drug-likeness (QED) is 0.185. The summed E-state index contributed by atoms with van der Waals surface area (Å²) in [6.07, 6.45) is 2.72. The summed E-state index contributed by atoms with van der Waals surface area (Å²) in [7, 11) is 2.12. The van der Waals surface area contributed by atoms with Gasteiger partial charge in [0.05, 0.1) is 24.4 Å². The predicted octanol–water partition coefficient (Wildman–Crippen LogP) is 5.58. The largest absolute Gasteiger partial charge is 0.606 e. The second-order valence-corrected chi connectivity index (χ2v) is 12.6. The van der Waals surface area contributed by atoms with Crippen LogP contribution in [-0.4, -0.2) is 52.5 Å². The molecule has 212 valence electrons. The van der Waals surface area contributed by atoms with Gasteiger partial charge >= 0.3 is 0 Å². The maximum atomic E-state index is 13.1. The smallest absolute Gasteiger partial charge is 0.260 e. The molecule has 1 aliphatic rings. The summed E-state index contributed by atoms with van der Waals surface area (Å²) in [6, 6.07) is 20.0. The van der Waals surface area contributed by atoms with E-state index >= 15 is 0 Å². The summed E-state index contributed by atoms with van der Waals surface area (Å²) < 4.78 is 19.0. The maximum Gasteiger partial charge on any atom is 0.260 e. The molecular weight excluding hydrogens is 556 g/mol. The number of rotatable bonds is 10. The van der Waals surface area contributed by atoms with Crippen LogP contribution >= 0.6 is 11.3 Å². The van der Waals surface area contributed by atoms with Crippen LogP contribution in [0.3, 0.4) is 0 Å². The monoisotopic (exact) mass is 588 g/mol. The molecule has 3 aromatic carbocycles. The van der Waals surface area contributed by atoms with Crippen molar-refractivity contribution in [2.75, 3.05) is 25.5 Å². The Hall–Kier alpha value is -3.70. The molecule has 0 aliphatic carbocycles. The zero-order valence-electron chi connectivity index (χ0n) is 23.2. The molecule has 0 bridgehead atoms. The summed E-state index contributed by atoms with van der Waals surface area (Å²) in [4.78, 5) is 34.3. The Labute approximate surface area is 246 Å².